The van der Waals surface area contributed by atoms with Crippen molar-refractivity contribution in [1.82, 2.24) is 5.32 Å². The highest BCUT2D eigenvalue weighted by atomic mass is 16.5. The minimum Gasteiger partial charge on any atom is -0.497 e. The predicted octanol–water partition coefficient (Wildman–Crippen LogP) is 2.20. The first-order valence-corrected chi connectivity index (χ1v) is 6.78. The van der Waals surface area contributed by atoms with Crippen molar-refractivity contribution in [2.75, 3.05) is 26.9 Å². The van der Waals surface area contributed by atoms with Crippen LogP contribution in [0.3, 0.4) is 0 Å². The average molecular weight is 267 g/mol. The number of aliphatic hydroxyl groups excluding tert-OH is 1. The fourth-order valence-corrected chi connectivity index (χ4v) is 1.70. The zero-order valence-corrected chi connectivity index (χ0v) is 12.1. The van der Waals surface area contributed by atoms with E-state index in [0.29, 0.717) is 18.9 Å². The lowest BCUT2D eigenvalue weighted by Gasteiger charge is -2.14. The molecule has 0 aliphatic rings. The van der Waals surface area contributed by atoms with Gasteiger partial charge >= 0.3 is 0 Å². The summed E-state index contributed by atoms with van der Waals surface area (Å²) in [4.78, 5) is 0. The number of benzene rings is 1. The summed E-state index contributed by atoms with van der Waals surface area (Å²) in [6.07, 6.45) is 0.644. The maximum Gasteiger partial charge on any atom is 0.124 e. The largest absolute Gasteiger partial charge is 0.497 e. The third-order valence-corrected chi connectivity index (χ3v) is 2.70. The van der Waals surface area contributed by atoms with Crippen LogP contribution in [0, 0.1) is 5.92 Å². The number of aliphatic hydroxyl groups is 1. The molecule has 0 fully saturated rings. The van der Waals surface area contributed by atoms with E-state index in [0.717, 1.165) is 30.2 Å². The van der Waals surface area contributed by atoms with E-state index < -0.39 is 0 Å². The van der Waals surface area contributed by atoms with Gasteiger partial charge in [0.2, 0.25) is 0 Å². The molecule has 0 aliphatic carbocycles. The fourth-order valence-electron chi connectivity index (χ4n) is 1.70. The summed E-state index contributed by atoms with van der Waals surface area (Å²) in [6.45, 7) is 6.75. The van der Waals surface area contributed by atoms with Crippen LogP contribution in [0.2, 0.25) is 0 Å². The van der Waals surface area contributed by atoms with Gasteiger partial charge in [0.05, 0.1) is 13.7 Å². The molecule has 108 valence electrons. The quantitative estimate of drug-likeness (QED) is 0.674. The summed E-state index contributed by atoms with van der Waals surface area (Å²) < 4.78 is 10.9. The number of hydrogen-bond donors (Lipinski definition) is 2. The number of hydrogen-bond acceptors (Lipinski definition) is 4. The van der Waals surface area contributed by atoms with Crippen LogP contribution in [0.1, 0.15) is 25.8 Å². The molecule has 1 aromatic rings. The molecule has 2 N–H and O–H groups in total. The van der Waals surface area contributed by atoms with Crippen LogP contribution < -0.4 is 14.8 Å². The standard InChI is InChI=1S/C15H25NO3/c1-12(2)10-16-11-13-9-14(18-3)5-6-15(13)19-8-4-7-17/h5-6,9,12,16-17H,4,7-8,10-11H2,1-3H3. The van der Waals surface area contributed by atoms with E-state index in [4.69, 9.17) is 14.6 Å². The molecule has 4 heteroatoms. The molecule has 0 heterocycles. The summed E-state index contributed by atoms with van der Waals surface area (Å²) in [5.74, 6) is 2.30. The molecule has 0 atom stereocenters. The van der Waals surface area contributed by atoms with Gasteiger partial charge in [-0.3, -0.25) is 0 Å². The molecule has 0 radical (unpaired) electrons. The Labute approximate surface area is 115 Å². The molecular weight excluding hydrogens is 242 g/mol. The maximum atomic E-state index is 8.79. The lowest BCUT2D eigenvalue weighted by atomic mass is 10.1. The van der Waals surface area contributed by atoms with E-state index in [1.165, 1.54) is 0 Å². The fraction of sp³-hybridized carbons (Fsp3) is 0.600. The molecule has 0 saturated heterocycles. The average Bonchev–Trinajstić information content (AvgIpc) is 2.40. The highest BCUT2D eigenvalue weighted by Gasteiger charge is 2.06. The SMILES string of the molecule is COc1ccc(OCCCO)c(CNCC(C)C)c1. The van der Waals surface area contributed by atoms with Crippen LogP contribution >= 0.6 is 0 Å². The van der Waals surface area contributed by atoms with Gasteiger partial charge in [-0.1, -0.05) is 13.8 Å². The summed E-state index contributed by atoms with van der Waals surface area (Å²) in [7, 11) is 1.66. The predicted molar refractivity (Wildman–Crippen MR) is 76.7 cm³/mol. The van der Waals surface area contributed by atoms with Crippen molar-refractivity contribution in [1.29, 1.82) is 0 Å². The molecule has 0 unspecified atom stereocenters. The lowest BCUT2D eigenvalue weighted by Crippen LogP contribution is -2.19. The smallest absolute Gasteiger partial charge is 0.124 e. The first-order chi connectivity index (χ1) is 9.17. The van der Waals surface area contributed by atoms with Crippen molar-refractivity contribution in [3.63, 3.8) is 0 Å². The summed E-state index contributed by atoms with van der Waals surface area (Å²) in [5.41, 5.74) is 1.08. The van der Waals surface area contributed by atoms with Gasteiger partial charge < -0.3 is 19.9 Å². The Kier molecular flexibility index (Phi) is 7.30. The molecule has 1 aromatic carbocycles. The monoisotopic (exact) mass is 267 g/mol. The third-order valence-electron chi connectivity index (χ3n) is 2.70. The molecule has 4 nitrogen and oxygen atoms in total. The Bertz CT molecular complexity index is 366. The summed E-state index contributed by atoms with van der Waals surface area (Å²) in [5, 5.41) is 12.2. The van der Waals surface area contributed by atoms with E-state index in [1.54, 1.807) is 7.11 Å². The number of ether oxygens (including phenoxy) is 2. The van der Waals surface area contributed by atoms with Gasteiger partial charge in [-0.15, -0.1) is 0 Å². The molecule has 0 aromatic heterocycles. The lowest BCUT2D eigenvalue weighted by molar-refractivity contribution is 0.232. The third kappa shape index (κ3) is 5.94. The van der Waals surface area contributed by atoms with Gasteiger partial charge in [-0.25, -0.2) is 0 Å². The van der Waals surface area contributed by atoms with Crippen molar-refractivity contribution in [3.8, 4) is 11.5 Å². The van der Waals surface area contributed by atoms with E-state index in [9.17, 15) is 0 Å². The van der Waals surface area contributed by atoms with Crippen molar-refractivity contribution in [2.24, 2.45) is 5.92 Å². The van der Waals surface area contributed by atoms with Crippen molar-refractivity contribution in [3.05, 3.63) is 23.8 Å². The molecular formula is C15H25NO3. The maximum absolute atomic E-state index is 8.79. The zero-order valence-electron chi connectivity index (χ0n) is 12.1. The van der Waals surface area contributed by atoms with Crippen molar-refractivity contribution < 1.29 is 14.6 Å². The van der Waals surface area contributed by atoms with Gasteiger partial charge in [0.15, 0.2) is 0 Å². The van der Waals surface area contributed by atoms with Crippen molar-refractivity contribution >= 4 is 0 Å². The molecule has 19 heavy (non-hydrogen) atoms. The Morgan fingerprint density at radius 3 is 2.74 bits per heavy atom. The van der Waals surface area contributed by atoms with E-state index in [-0.39, 0.29) is 6.61 Å². The van der Waals surface area contributed by atoms with Crippen molar-refractivity contribution in [2.45, 2.75) is 26.8 Å². The van der Waals surface area contributed by atoms with E-state index in [2.05, 4.69) is 19.2 Å². The number of methoxy groups -OCH3 is 1. The van der Waals surface area contributed by atoms with Gasteiger partial charge in [0.25, 0.3) is 0 Å². The molecule has 0 bridgehead atoms. The Hall–Kier alpha value is -1.26. The normalized spacial score (nSPS) is 10.8. The Morgan fingerprint density at radius 1 is 1.32 bits per heavy atom. The Morgan fingerprint density at radius 2 is 2.11 bits per heavy atom. The van der Waals surface area contributed by atoms with Crippen LogP contribution in [-0.4, -0.2) is 32.0 Å². The highest BCUT2D eigenvalue weighted by Crippen LogP contribution is 2.24. The summed E-state index contributed by atoms with van der Waals surface area (Å²) in [6, 6.07) is 5.80. The molecule has 0 saturated carbocycles. The summed E-state index contributed by atoms with van der Waals surface area (Å²) >= 11 is 0. The van der Waals surface area contributed by atoms with E-state index >= 15 is 0 Å². The van der Waals surface area contributed by atoms with Crippen LogP contribution in [0.4, 0.5) is 0 Å². The molecule has 1 rings (SSSR count). The Balaban J connectivity index is 2.65. The number of nitrogens with one attached hydrogen (secondary N) is 1. The molecule has 0 aliphatic heterocycles. The second-order valence-corrected chi connectivity index (χ2v) is 4.92. The van der Waals surface area contributed by atoms with Crippen LogP contribution in [0.25, 0.3) is 0 Å². The molecule has 0 spiro atoms. The van der Waals surface area contributed by atoms with Gasteiger partial charge in [-0.05, 0) is 30.7 Å². The molecule has 0 amide bonds. The highest BCUT2D eigenvalue weighted by molar-refractivity contribution is 5.40. The number of rotatable bonds is 9. The first kappa shape index (κ1) is 15.8. The van der Waals surface area contributed by atoms with Crippen LogP contribution in [0.5, 0.6) is 11.5 Å². The van der Waals surface area contributed by atoms with E-state index in [1.807, 2.05) is 18.2 Å². The topological polar surface area (TPSA) is 50.7 Å². The second-order valence-electron chi connectivity index (χ2n) is 4.92. The first-order valence-electron chi connectivity index (χ1n) is 6.78. The van der Waals surface area contributed by atoms with Gasteiger partial charge in [-0.2, -0.15) is 0 Å². The zero-order chi connectivity index (χ0) is 14.1. The van der Waals surface area contributed by atoms with Crippen LogP contribution in [0.15, 0.2) is 18.2 Å². The minimum atomic E-state index is 0.150. The second kappa shape index (κ2) is 8.77. The van der Waals surface area contributed by atoms with Gasteiger partial charge in [0.1, 0.15) is 11.5 Å². The minimum absolute atomic E-state index is 0.150. The van der Waals surface area contributed by atoms with Crippen LogP contribution in [-0.2, 0) is 6.54 Å². The van der Waals surface area contributed by atoms with Gasteiger partial charge in [0, 0.05) is 25.1 Å².